The molecule has 0 aliphatic carbocycles. The molecule has 4 aromatic rings. The molecule has 0 bridgehead atoms. The highest BCUT2D eigenvalue weighted by molar-refractivity contribution is 7.10. The van der Waals surface area contributed by atoms with Crippen LogP contribution in [-0.4, -0.2) is 30.3 Å². The van der Waals surface area contributed by atoms with Gasteiger partial charge in [-0.1, -0.05) is 41.1 Å². The number of aromatic nitrogens is 5. The van der Waals surface area contributed by atoms with E-state index in [0.29, 0.717) is 27.2 Å². The zero-order valence-corrected chi connectivity index (χ0v) is 16.6. The topological polar surface area (TPSA) is 85.6 Å². The molecule has 9 heteroatoms. The van der Waals surface area contributed by atoms with Crippen molar-refractivity contribution in [2.75, 3.05) is 5.32 Å². The molecule has 2 heterocycles. The van der Waals surface area contributed by atoms with Gasteiger partial charge in [0.2, 0.25) is 5.13 Å². The van der Waals surface area contributed by atoms with Gasteiger partial charge in [-0.3, -0.25) is 10.1 Å². The van der Waals surface area contributed by atoms with Crippen molar-refractivity contribution in [3.8, 4) is 17.2 Å². The fourth-order valence-electron chi connectivity index (χ4n) is 2.62. The molecule has 140 valence electrons. The fraction of sp³-hybridized carbons (Fsp3) is 0.105. The molecule has 2 aromatic carbocycles. The molecule has 0 radical (unpaired) electrons. The Balaban J connectivity index is 1.58. The molecule has 0 aliphatic heterocycles. The Morgan fingerprint density at radius 3 is 2.68 bits per heavy atom. The third kappa shape index (κ3) is 3.51. The number of carbonyl (C=O) groups excluding carboxylic acids is 1. The number of halogens is 1. The number of nitrogens with zero attached hydrogens (tertiary/aromatic N) is 5. The summed E-state index contributed by atoms with van der Waals surface area (Å²) < 4.78 is 5.99. The number of nitrogens with one attached hydrogen (secondary N) is 1. The molecular formula is C19H15ClN6OS. The molecule has 0 unspecified atom stereocenters. The van der Waals surface area contributed by atoms with Gasteiger partial charge in [-0.15, -0.1) is 5.10 Å². The maximum absolute atomic E-state index is 12.3. The van der Waals surface area contributed by atoms with E-state index in [1.54, 1.807) is 28.9 Å². The van der Waals surface area contributed by atoms with Crippen molar-refractivity contribution in [3.05, 3.63) is 70.4 Å². The highest BCUT2D eigenvalue weighted by Crippen LogP contribution is 2.25. The normalized spacial score (nSPS) is 10.8. The molecule has 0 spiro atoms. The van der Waals surface area contributed by atoms with Crippen molar-refractivity contribution in [3.63, 3.8) is 0 Å². The summed E-state index contributed by atoms with van der Waals surface area (Å²) in [6.45, 7) is 3.82. The maximum atomic E-state index is 12.3. The summed E-state index contributed by atoms with van der Waals surface area (Å²) in [5.74, 6) is 0.174. The minimum Gasteiger partial charge on any atom is -0.297 e. The minimum absolute atomic E-state index is 0.238. The first-order valence-electron chi connectivity index (χ1n) is 8.42. The van der Waals surface area contributed by atoms with Gasteiger partial charge in [-0.2, -0.15) is 9.36 Å². The van der Waals surface area contributed by atoms with Gasteiger partial charge < -0.3 is 0 Å². The summed E-state index contributed by atoms with van der Waals surface area (Å²) in [7, 11) is 0. The van der Waals surface area contributed by atoms with Crippen LogP contribution >= 0.6 is 23.1 Å². The molecule has 0 aliphatic rings. The lowest BCUT2D eigenvalue weighted by Gasteiger charge is -2.05. The number of rotatable bonds is 4. The molecule has 0 saturated heterocycles. The summed E-state index contributed by atoms with van der Waals surface area (Å²) in [5.41, 5.74) is 3.67. The SMILES string of the molecule is Cc1ccc(-n2nnc(-c3nsc(NC(=O)c4ccccc4)n3)c2C)cc1Cl. The van der Waals surface area contributed by atoms with Crippen LogP contribution in [0.4, 0.5) is 5.13 Å². The van der Waals surface area contributed by atoms with Crippen molar-refractivity contribution in [1.29, 1.82) is 0 Å². The highest BCUT2D eigenvalue weighted by Gasteiger charge is 2.18. The van der Waals surface area contributed by atoms with Crippen LogP contribution in [0.25, 0.3) is 17.2 Å². The molecule has 28 heavy (non-hydrogen) atoms. The van der Waals surface area contributed by atoms with Crippen molar-refractivity contribution < 1.29 is 4.79 Å². The first kappa shape index (κ1) is 18.3. The van der Waals surface area contributed by atoms with Crippen molar-refractivity contribution in [2.24, 2.45) is 0 Å². The molecule has 1 amide bonds. The zero-order chi connectivity index (χ0) is 19.7. The van der Waals surface area contributed by atoms with Crippen molar-refractivity contribution >= 4 is 34.2 Å². The van der Waals surface area contributed by atoms with Crippen LogP contribution in [-0.2, 0) is 0 Å². The van der Waals surface area contributed by atoms with Crippen LogP contribution in [0.3, 0.4) is 0 Å². The lowest BCUT2D eigenvalue weighted by molar-refractivity contribution is 0.102. The number of hydrogen-bond acceptors (Lipinski definition) is 6. The third-order valence-corrected chi connectivity index (χ3v) is 5.23. The molecule has 4 rings (SSSR count). The maximum Gasteiger partial charge on any atom is 0.257 e. The van der Waals surface area contributed by atoms with Crippen LogP contribution in [0.5, 0.6) is 0 Å². The largest absolute Gasteiger partial charge is 0.297 e. The monoisotopic (exact) mass is 410 g/mol. The van der Waals surface area contributed by atoms with E-state index in [2.05, 4.69) is 25.0 Å². The molecule has 0 atom stereocenters. The predicted molar refractivity (Wildman–Crippen MR) is 109 cm³/mol. The summed E-state index contributed by atoms with van der Waals surface area (Å²) in [5, 5.41) is 12.2. The Bertz CT molecular complexity index is 1150. The lowest BCUT2D eigenvalue weighted by Crippen LogP contribution is -2.11. The quantitative estimate of drug-likeness (QED) is 0.541. The fourth-order valence-corrected chi connectivity index (χ4v) is 3.36. The second kappa shape index (κ2) is 7.49. The second-order valence-electron chi connectivity index (χ2n) is 6.11. The Hall–Kier alpha value is -3.10. The summed E-state index contributed by atoms with van der Waals surface area (Å²) in [6, 6.07) is 14.6. The average molecular weight is 411 g/mol. The van der Waals surface area contributed by atoms with Crippen LogP contribution in [0, 0.1) is 13.8 Å². The van der Waals surface area contributed by atoms with Gasteiger partial charge in [-0.25, -0.2) is 4.68 Å². The first-order chi connectivity index (χ1) is 13.5. The highest BCUT2D eigenvalue weighted by atomic mass is 35.5. The van der Waals surface area contributed by atoms with Gasteiger partial charge in [0.15, 0.2) is 11.5 Å². The van der Waals surface area contributed by atoms with Gasteiger partial charge in [0.25, 0.3) is 5.91 Å². The van der Waals surface area contributed by atoms with Crippen LogP contribution in [0.2, 0.25) is 5.02 Å². The average Bonchev–Trinajstić information content (AvgIpc) is 3.31. The van der Waals surface area contributed by atoms with Crippen molar-refractivity contribution in [1.82, 2.24) is 24.4 Å². The summed E-state index contributed by atoms with van der Waals surface area (Å²) in [4.78, 5) is 16.6. The Kier molecular flexibility index (Phi) is 4.89. The van der Waals surface area contributed by atoms with E-state index in [1.807, 2.05) is 38.1 Å². The molecule has 0 fully saturated rings. The zero-order valence-electron chi connectivity index (χ0n) is 15.0. The number of anilines is 1. The smallest absolute Gasteiger partial charge is 0.257 e. The molecular weight excluding hydrogens is 396 g/mol. The number of hydrogen-bond donors (Lipinski definition) is 1. The van der Waals surface area contributed by atoms with Crippen LogP contribution < -0.4 is 5.32 Å². The summed E-state index contributed by atoms with van der Waals surface area (Å²) >= 11 is 7.31. The van der Waals surface area contributed by atoms with E-state index < -0.39 is 0 Å². The standard InChI is InChI=1S/C19H15ClN6OS/c1-11-8-9-14(10-15(11)20)26-12(2)16(23-25-26)17-21-19(28-24-17)22-18(27)13-6-4-3-5-7-13/h3-10H,1-2H3,(H,21,22,24,27). The molecule has 7 nitrogen and oxygen atoms in total. The first-order valence-corrected chi connectivity index (χ1v) is 9.57. The van der Waals surface area contributed by atoms with Gasteiger partial charge in [0, 0.05) is 22.1 Å². The van der Waals surface area contributed by atoms with E-state index in [-0.39, 0.29) is 5.91 Å². The second-order valence-corrected chi connectivity index (χ2v) is 7.27. The molecule has 2 aromatic heterocycles. The third-order valence-electron chi connectivity index (χ3n) is 4.19. The minimum atomic E-state index is -0.238. The predicted octanol–water partition coefficient (Wildman–Crippen LogP) is 4.31. The summed E-state index contributed by atoms with van der Waals surface area (Å²) in [6.07, 6.45) is 0. The lowest BCUT2D eigenvalue weighted by atomic mass is 10.2. The number of carbonyl (C=O) groups is 1. The number of amides is 1. The van der Waals surface area contributed by atoms with E-state index in [0.717, 1.165) is 28.5 Å². The van der Waals surface area contributed by atoms with Crippen molar-refractivity contribution in [2.45, 2.75) is 13.8 Å². The number of benzene rings is 2. The Morgan fingerprint density at radius 2 is 1.93 bits per heavy atom. The van der Waals surface area contributed by atoms with Gasteiger partial charge in [0.1, 0.15) is 0 Å². The van der Waals surface area contributed by atoms with E-state index in [1.165, 1.54) is 0 Å². The van der Waals surface area contributed by atoms with Gasteiger partial charge in [-0.05, 0) is 43.7 Å². The molecule has 1 N–H and O–H groups in total. The van der Waals surface area contributed by atoms with Crippen LogP contribution in [0.15, 0.2) is 48.5 Å². The van der Waals surface area contributed by atoms with E-state index in [9.17, 15) is 4.79 Å². The van der Waals surface area contributed by atoms with Crippen LogP contribution in [0.1, 0.15) is 21.6 Å². The van der Waals surface area contributed by atoms with E-state index >= 15 is 0 Å². The van der Waals surface area contributed by atoms with Gasteiger partial charge >= 0.3 is 0 Å². The number of aryl methyl sites for hydroxylation is 1. The Labute approximate surface area is 170 Å². The molecule has 0 saturated carbocycles. The van der Waals surface area contributed by atoms with Gasteiger partial charge in [0.05, 0.1) is 11.4 Å². The Morgan fingerprint density at radius 1 is 1.14 bits per heavy atom. The van der Waals surface area contributed by atoms with E-state index in [4.69, 9.17) is 11.6 Å².